The molecule has 0 saturated carbocycles. The minimum absolute atomic E-state index is 0.159. The van der Waals surface area contributed by atoms with E-state index in [-0.39, 0.29) is 6.04 Å². The molecule has 1 fully saturated rings. The zero-order valence-corrected chi connectivity index (χ0v) is 12.2. The molecule has 7 heteroatoms. The second kappa shape index (κ2) is 5.94. The van der Waals surface area contributed by atoms with Gasteiger partial charge in [0.2, 0.25) is 0 Å². The molecule has 1 aromatic heterocycles. The van der Waals surface area contributed by atoms with Crippen LogP contribution in [-0.4, -0.2) is 46.6 Å². The average molecular weight is 284 g/mol. The van der Waals surface area contributed by atoms with Crippen LogP contribution < -0.4 is 0 Å². The second-order valence-corrected chi connectivity index (χ2v) is 6.38. The number of nitrogens with zero attached hydrogens (tertiary/aromatic N) is 4. The minimum Gasteiger partial charge on any atom is -0.245 e. The summed E-state index contributed by atoms with van der Waals surface area (Å²) in [6.07, 6.45) is 4.81. The molecule has 2 heterocycles. The summed E-state index contributed by atoms with van der Waals surface area (Å²) < 4.78 is 28.2. The minimum atomic E-state index is -3.39. The first-order valence-electron chi connectivity index (χ1n) is 6.64. The van der Waals surface area contributed by atoms with E-state index < -0.39 is 10.2 Å². The van der Waals surface area contributed by atoms with E-state index in [0.717, 1.165) is 18.5 Å². The highest BCUT2D eigenvalue weighted by Crippen LogP contribution is 2.33. The zero-order chi connectivity index (χ0) is 13.9. The lowest BCUT2D eigenvalue weighted by atomic mass is 10.1. The van der Waals surface area contributed by atoms with Crippen LogP contribution in [0.2, 0.25) is 0 Å². The molecule has 2 rings (SSSR count). The van der Waals surface area contributed by atoms with Crippen molar-refractivity contribution in [2.24, 2.45) is 0 Å². The third kappa shape index (κ3) is 2.77. The molecule has 0 aliphatic carbocycles. The van der Waals surface area contributed by atoms with Gasteiger partial charge in [0.15, 0.2) is 0 Å². The molecule has 0 N–H and O–H groups in total. The summed E-state index contributed by atoms with van der Waals surface area (Å²) in [6.45, 7) is 5.26. The summed E-state index contributed by atoms with van der Waals surface area (Å²) in [7, 11) is -3.39. The summed E-state index contributed by atoms with van der Waals surface area (Å²) >= 11 is 0. The molecule has 19 heavy (non-hydrogen) atoms. The summed E-state index contributed by atoms with van der Waals surface area (Å²) in [4.78, 5) is 8.08. The van der Waals surface area contributed by atoms with Crippen molar-refractivity contribution < 1.29 is 8.42 Å². The van der Waals surface area contributed by atoms with Crippen LogP contribution in [0.1, 0.15) is 38.4 Å². The molecule has 1 aliphatic rings. The fourth-order valence-electron chi connectivity index (χ4n) is 2.51. The van der Waals surface area contributed by atoms with Crippen LogP contribution >= 0.6 is 0 Å². The molecule has 106 valence electrons. The van der Waals surface area contributed by atoms with Gasteiger partial charge in [0.05, 0.1) is 11.7 Å². The maximum absolute atomic E-state index is 12.6. The van der Waals surface area contributed by atoms with Crippen molar-refractivity contribution >= 4 is 10.2 Å². The van der Waals surface area contributed by atoms with E-state index in [9.17, 15) is 8.42 Å². The zero-order valence-electron chi connectivity index (χ0n) is 11.4. The van der Waals surface area contributed by atoms with Crippen molar-refractivity contribution in [3.05, 3.63) is 24.3 Å². The number of rotatable bonds is 5. The van der Waals surface area contributed by atoms with E-state index in [0.29, 0.717) is 19.6 Å². The molecule has 1 unspecified atom stereocenters. The Balaban J connectivity index is 2.29. The predicted molar refractivity (Wildman–Crippen MR) is 72.6 cm³/mol. The number of hydrogen-bond donors (Lipinski definition) is 0. The Morgan fingerprint density at radius 3 is 2.74 bits per heavy atom. The van der Waals surface area contributed by atoms with Crippen LogP contribution in [0.3, 0.4) is 0 Å². The second-order valence-electron chi connectivity index (χ2n) is 4.50. The Morgan fingerprint density at radius 2 is 2.16 bits per heavy atom. The SMILES string of the molecule is CCN(CC)S(=O)(=O)N1CCCC1c1ccncn1. The van der Waals surface area contributed by atoms with E-state index in [4.69, 9.17) is 0 Å². The first-order valence-corrected chi connectivity index (χ1v) is 8.03. The molecule has 0 radical (unpaired) electrons. The van der Waals surface area contributed by atoms with E-state index >= 15 is 0 Å². The topological polar surface area (TPSA) is 66.4 Å². The van der Waals surface area contributed by atoms with E-state index in [1.54, 1.807) is 16.6 Å². The predicted octanol–water partition coefficient (Wildman–Crippen LogP) is 1.20. The summed E-state index contributed by atoms with van der Waals surface area (Å²) in [6, 6.07) is 1.63. The standard InChI is InChI=1S/C12H20N4O2S/c1-3-15(4-2)19(17,18)16-9-5-6-12(16)11-7-8-13-10-14-11/h7-8,10,12H,3-6,9H2,1-2H3. The highest BCUT2D eigenvalue weighted by Gasteiger charge is 2.38. The first kappa shape index (κ1) is 14.4. The van der Waals surface area contributed by atoms with Crippen molar-refractivity contribution in [1.29, 1.82) is 0 Å². The molecule has 0 bridgehead atoms. The Morgan fingerprint density at radius 1 is 1.42 bits per heavy atom. The van der Waals surface area contributed by atoms with Crippen molar-refractivity contribution in [1.82, 2.24) is 18.6 Å². The van der Waals surface area contributed by atoms with Gasteiger partial charge in [0.25, 0.3) is 10.2 Å². The lowest BCUT2D eigenvalue weighted by Gasteiger charge is -2.29. The van der Waals surface area contributed by atoms with Crippen molar-refractivity contribution in [3.63, 3.8) is 0 Å². The van der Waals surface area contributed by atoms with Crippen LogP contribution in [0.4, 0.5) is 0 Å². The largest absolute Gasteiger partial charge is 0.282 e. The maximum Gasteiger partial charge on any atom is 0.282 e. The highest BCUT2D eigenvalue weighted by molar-refractivity contribution is 7.86. The molecule has 1 aliphatic heterocycles. The van der Waals surface area contributed by atoms with Gasteiger partial charge in [0, 0.05) is 25.8 Å². The van der Waals surface area contributed by atoms with Gasteiger partial charge in [-0.1, -0.05) is 13.8 Å². The van der Waals surface area contributed by atoms with E-state index in [1.165, 1.54) is 10.6 Å². The van der Waals surface area contributed by atoms with E-state index in [1.807, 2.05) is 13.8 Å². The van der Waals surface area contributed by atoms with E-state index in [2.05, 4.69) is 9.97 Å². The van der Waals surface area contributed by atoms with Crippen molar-refractivity contribution in [2.45, 2.75) is 32.7 Å². The van der Waals surface area contributed by atoms with Gasteiger partial charge in [0.1, 0.15) is 6.33 Å². The molecule has 6 nitrogen and oxygen atoms in total. The molecule has 0 amide bonds. The Kier molecular flexibility index (Phi) is 4.49. The molecule has 0 spiro atoms. The summed E-state index contributed by atoms with van der Waals surface area (Å²) in [5, 5.41) is 0. The van der Waals surface area contributed by atoms with Gasteiger partial charge < -0.3 is 0 Å². The van der Waals surface area contributed by atoms with Gasteiger partial charge in [-0.25, -0.2) is 9.97 Å². The van der Waals surface area contributed by atoms with Crippen molar-refractivity contribution in [3.8, 4) is 0 Å². The highest BCUT2D eigenvalue weighted by atomic mass is 32.2. The number of aromatic nitrogens is 2. The molecular weight excluding hydrogens is 264 g/mol. The lowest BCUT2D eigenvalue weighted by Crippen LogP contribution is -2.43. The molecular formula is C12H20N4O2S. The average Bonchev–Trinajstić information content (AvgIpc) is 2.91. The van der Waals surface area contributed by atoms with Gasteiger partial charge in [-0.05, 0) is 18.9 Å². The Labute approximate surface area is 114 Å². The normalized spacial score (nSPS) is 21.1. The third-order valence-corrected chi connectivity index (χ3v) is 5.68. The van der Waals surface area contributed by atoms with Crippen LogP contribution in [0.25, 0.3) is 0 Å². The van der Waals surface area contributed by atoms with Gasteiger partial charge in [-0.2, -0.15) is 17.0 Å². The molecule has 1 aromatic rings. The van der Waals surface area contributed by atoms with Crippen LogP contribution in [0.5, 0.6) is 0 Å². The summed E-state index contributed by atoms with van der Waals surface area (Å²) in [5.74, 6) is 0. The molecule has 0 aromatic carbocycles. The Bertz CT molecular complexity index is 502. The quantitative estimate of drug-likeness (QED) is 0.815. The fourth-order valence-corrected chi connectivity index (χ4v) is 4.35. The summed E-state index contributed by atoms with van der Waals surface area (Å²) in [5.41, 5.74) is 0.781. The van der Waals surface area contributed by atoms with Crippen LogP contribution in [0, 0.1) is 0 Å². The van der Waals surface area contributed by atoms with Gasteiger partial charge in [-0.3, -0.25) is 0 Å². The fraction of sp³-hybridized carbons (Fsp3) is 0.667. The third-order valence-electron chi connectivity index (χ3n) is 3.48. The molecule has 1 atom stereocenters. The number of hydrogen-bond acceptors (Lipinski definition) is 4. The molecule has 1 saturated heterocycles. The maximum atomic E-state index is 12.6. The van der Waals surface area contributed by atoms with Gasteiger partial charge in [-0.15, -0.1) is 0 Å². The first-order chi connectivity index (χ1) is 9.11. The van der Waals surface area contributed by atoms with Crippen LogP contribution in [-0.2, 0) is 10.2 Å². The van der Waals surface area contributed by atoms with Gasteiger partial charge >= 0.3 is 0 Å². The lowest BCUT2D eigenvalue weighted by molar-refractivity contribution is 0.334. The van der Waals surface area contributed by atoms with Crippen LogP contribution in [0.15, 0.2) is 18.6 Å². The Hall–Kier alpha value is -1.05. The monoisotopic (exact) mass is 284 g/mol. The smallest absolute Gasteiger partial charge is 0.245 e. The van der Waals surface area contributed by atoms with Crippen molar-refractivity contribution in [2.75, 3.05) is 19.6 Å².